The van der Waals surface area contributed by atoms with Crippen molar-refractivity contribution in [2.24, 2.45) is 0 Å². The van der Waals surface area contributed by atoms with E-state index in [2.05, 4.69) is 30.5 Å². The molecule has 4 heteroatoms. The summed E-state index contributed by atoms with van der Waals surface area (Å²) in [6.07, 6.45) is 0.428. The van der Waals surface area contributed by atoms with Crippen molar-refractivity contribution in [2.75, 3.05) is 11.9 Å². The van der Waals surface area contributed by atoms with E-state index in [9.17, 15) is 4.79 Å². The zero-order chi connectivity index (χ0) is 15.9. The van der Waals surface area contributed by atoms with Crippen LogP contribution in [0.15, 0.2) is 42.5 Å². The molecule has 22 heavy (non-hydrogen) atoms. The molecule has 1 amide bonds. The third-order valence-corrected chi connectivity index (χ3v) is 4.07. The zero-order valence-corrected chi connectivity index (χ0v) is 13.7. The summed E-state index contributed by atoms with van der Waals surface area (Å²) in [6, 6.07) is 13.7. The number of halogens is 1. The molecule has 2 aromatic carbocycles. The van der Waals surface area contributed by atoms with Gasteiger partial charge in [0.1, 0.15) is 0 Å². The summed E-state index contributed by atoms with van der Waals surface area (Å²) >= 11 is 6.06. The fraction of sp³-hybridized carbons (Fsp3) is 0.278. The summed E-state index contributed by atoms with van der Waals surface area (Å²) in [5.74, 6) is 0.0118. The maximum Gasteiger partial charge on any atom is 0.222 e. The first-order chi connectivity index (χ1) is 10.6. The third kappa shape index (κ3) is 4.50. The van der Waals surface area contributed by atoms with Gasteiger partial charge in [0, 0.05) is 30.2 Å². The minimum atomic E-state index is 0.0118. The van der Waals surface area contributed by atoms with E-state index >= 15 is 0 Å². The molecular weight excluding hydrogens is 296 g/mol. The van der Waals surface area contributed by atoms with Gasteiger partial charge in [0.25, 0.3) is 0 Å². The topological polar surface area (TPSA) is 41.1 Å². The smallest absolute Gasteiger partial charge is 0.222 e. The average molecular weight is 317 g/mol. The molecule has 116 valence electrons. The molecule has 0 fully saturated rings. The predicted molar refractivity (Wildman–Crippen MR) is 92.3 cm³/mol. The number of aryl methyl sites for hydroxylation is 1. The van der Waals surface area contributed by atoms with Crippen LogP contribution < -0.4 is 10.6 Å². The van der Waals surface area contributed by atoms with Crippen molar-refractivity contribution in [1.29, 1.82) is 0 Å². The van der Waals surface area contributed by atoms with Crippen LogP contribution in [-0.2, 0) is 11.3 Å². The standard InChI is InChI=1S/C18H21ClN2O/c1-13-6-5-9-17(14(13)2)20-11-10-18(22)21-12-15-7-3-4-8-16(15)19/h3-9,20H,10-12H2,1-2H3,(H,21,22). The molecule has 0 radical (unpaired) electrons. The lowest BCUT2D eigenvalue weighted by Gasteiger charge is -2.11. The molecule has 0 saturated heterocycles. The highest BCUT2D eigenvalue weighted by atomic mass is 35.5. The summed E-state index contributed by atoms with van der Waals surface area (Å²) < 4.78 is 0. The Balaban J connectivity index is 1.76. The highest BCUT2D eigenvalue weighted by Crippen LogP contribution is 2.17. The Bertz CT molecular complexity index is 655. The monoisotopic (exact) mass is 316 g/mol. The summed E-state index contributed by atoms with van der Waals surface area (Å²) in [5, 5.41) is 6.87. The van der Waals surface area contributed by atoms with E-state index in [0.29, 0.717) is 24.5 Å². The van der Waals surface area contributed by atoms with Crippen molar-refractivity contribution >= 4 is 23.2 Å². The summed E-state index contributed by atoms with van der Waals surface area (Å²) in [6.45, 7) is 5.23. The maximum atomic E-state index is 11.9. The van der Waals surface area contributed by atoms with E-state index in [0.717, 1.165) is 11.3 Å². The molecule has 0 bridgehead atoms. The number of benzene rings is 2. The van der Waals surface area contributed by atoms with Gasteiger partial charge in [0.05, 0.1) is 0 Å². The Hall–Kier alpha value is -2.00. The fourth-order valence-corrected chi connectivity index (χ4v) is 2.38. The van der Waals surface area contributed by atoms with Crippen molar-refractivity contribution in [3.63, 3.8) is 0 Å². The number of carbonyl (C=O) groups excluding carboxylic acids is 1. The van der Waals surface area contributed by atoms with E-state index in [1.54, 1.807) is 0 Å². The minimum absolute atomic E-state index is 0.0118. The summed E-state index contributed by atoms with van der Waals surface area (Å²) in [7, 11) is 0. The zero-order valence-electron chi connectivity index (χ0n) is 12.9. The van der Waals surface area contributed by atoms with Crippen LogP contribution in [0.25, 0.3) is 0 Å². The third-order valence-electron chi connectivity index (χ3n) is 3.71. The number of carbonyl (C=O) groups is 1. The van der Waals surface area contributed by atoms with Crippen LogP contribution in [0.2, 0.25) is 5.02 Å². The van der Waals surface area contributed by atoms with Gasteiger partial charge in [-0.3, -0.25) is 4.79 Å². The van der Waals surface area contributed by atoms with Crippen LogP contribution in [0.3, 0.4) is 0 Å². The quantitative estimate of drug-likeness (QED) is 0.843. The van der Waals surface area contributed by atoms with Crippen LogP contribution in [0.1, 0.15) is 23.1 Å². The van der Waals surface area contributed by atoms with Gasteiger partial charge >= 0.3 is 0 Å². The van der Waals surface area contributed by atoms with Gasteiger partial charge in [-0.25, -0.2) is 0 Å². The molecule has 0 spiro atoms. The minimum Gasteiger partial charge on any atom is -0.384 e. The molecule has 2 rings (SSSR count). The Labute approximate surface area is 136 Å². The Morgan fingerprint density at radius 3 is 2.64 bits per heavy atom. The first-order valence-corrected chi connectivity index (χ1v) is 7.76. The second kappa shape index (κ2) is 7.85. The Morgan fingerprint density at radius 1 is 1.09 bits per heavy atom. The molecule has 0 atom stereocenters. The Morgan fingerprint density at radius 2 is 1.86 bits per heavy atom. The number of hydrogen-bond acceptors (Lipinski definition) is 2. The highest BCUT2D eigenvalue weighted by Gasteiger charge is 2.05. The number of hydrogen-bond donors (Lipinski definition) is 2. The van der Waals surface area contributed by atoms with Gasteiger partial charge in [-0.2, -0.15) is 0 Å². The Kier molecular flexibility index (Phi) is 5.84. The van der Waals surface area contributed by atoms with Crippen molar-refractivity contribution < 1.29 is 4.79 Å². The molecule has 0 unspecified atom stereocenters. The molecule has 0 aliphatic rings. The van der Waals surface area contributed by atoms with E-state index in [-0.39, 0.29) is 5.91 Å². The van der Waals surface area contributed by atoms with E-state index < -0.39 is 0 Å². The lowest BCUT2D eigenvalue weighted by atomic mass is 10.1. The van der Waals surface area contributed by atoms with Gasteiger partial charge in [-0.05, 0) is 42.7 Å². The summed E-state index contributed by atoms with van der Waals surface area (Å²) in [5.41, 5.74) is 4.48. The number of anilines is 1. The normalized spacial score (nSPS) is 10.3. The van der Waals surface area contributed by atoms with Crippen molar-refractivity contribution in [3.05, 3.63) is 64.2 Å². The van der Waals surface area contributed by atoms with Gasteiger partial charge in [-0.15, -0.1) is 0 Å². The molecule has 0 aliphatic carbocycles. The molecule has 3 nitrogen and oxygen atoms in total. The molecule has 0 heterocycles. The first-order valence-electron chi connectivity index (χ1n) is 7.38. The van der Waals surface area contributed by atoms with Gasteiger partial charge in [0.15, 0.2) is 0 Å². The van der Waals surface area contributed by atoms with Crippen LogP contribution >= 0.6 is 11.6 Å². The van der Waals surface area contributed by atoms with Crippen LogP contribution in [0.5, 0.6) is 0 Å². The van der Waals surface area contributed by atoms with Crippen molar-refractivity contribution in [1.82, 2.24) is 5.32 Å². The van der Waals surface area contributed by atoms with Crippen molar-refractivity contribution in [3.8, 4) is 0 Å². The van der Waals surface area contributed by atoms with Gasteiger partial charge in [-0.1, -0.05) is 41.9 Å². The van der Waals surface area contributed by atoms with Gasteiger partial charge in [0.2, 0.25) is 5.91 Å². The predicted octanol–water partition coefficient (Wildman–Crippen LogP) is 4.08. The second-order valence-electron chi connectivity index (χ2n) is 5.29. The van der Waals surface area contributed by atoms with E-state index in [1.165, 1.54) is 11.1 Å². The lowest BCUT2D eigenvalue weighted by molar-refractivity contribution is -0.121. The summed E-state index contributed by atoms with van der Waals surface area (Å²) in [4.78, 5) is 11.9. The number of nitrogens with one attached hydrogen (secondary N) is 2. The molecule has 2 N–H and O–H groups in total. The fourth-order valence-electron chi connectivity index (χ4n) is 2.18. The van der Waals surface area contributed by atoms with Crippen LogP contribution in [-0.4, -0.2) is 12.5 Å². The van der Waals surface area contributed by atoms with E-state index in [4.69, 9.17) is 11.6 Å². The maximum absolute atomic E-state index is 11.9. The number of rotatable bonds is 6. The molecule has 2 aromatic rings. The largest absolute Gasteiger partial charge is 0.384 e. The molecule has 0 saturated carbocycles. The second-order valence-corrected chi connectivity index (χ2v) is 5.70. The molecule has 0 aliphatic heterocycles. The number of amides is 1. The lowest BCUT2D eigenvalue weighted by Crippen LogP contribution is -2.25. The molecule has 0 aromatic heterocycles. The molecular formula is C18H21ClN2O. The average Bonchev–Trinajstić information content (AvgIpc) is 2.51. The van der Waals surface area contributed by atoms with Crippen molar-refractivity contribution in [2.45, 2.75) is 26.8 Å². The van der Waals surface area contributed by atoms with Crippen LogP contribution in [0, 0.1) is 13.8 Å². The first kappa shape index (κ1) is 16.4. The van der Waals surface area contributed by atoms with E-state index in [1.807, 2.05) is 36.4 Å². The highest BCUT2D eigenvalue weighted by molar-refractivity contribution is 6.31. The van der Waals surface area contributed by atoms with Gasteiger partial charge < -0.3 is 10.6 Å². The van der Waals surface area contributed by atoms with Crippen LogP contribution in [0.4, 0.5) is 5.69 Å². The SMILES string of the molecule is Cc1cccc(NCCC(=O)NCc2ccccc2Cl)c1C.